The zero-order valence-corrected chi connectivity index (χ0v) is 14.4. The number of ether oxygens (including phenoxy) is 1. The Hall–Kier alpha value is -1.60. The molecule has 1 fully saturated rings. The number of benzene rings is 1. The molecule has 23 heavy (non-hydrogen) atoms. The Balaban J connectivity index is 1.88. The van der Waals surface area contributed by atoms with Gasteiger partial charge in [0.15, 0.2) is 9.84 Å². The number of urea groups is 1. The fourth-order valence-electron chi connectivity index (χ4n) is 2.49. The van der Waals surface area contributed by atoms with E-state index in [-0.39, 0.29) is 29.7 Å². The molecule has 1 saturated heterocycles. The Morgan fingerprint density at radius 3 is 2.87 bits per heavy atom. The lowest BCUT2D eigenvalue weighted by atomic mass is 10.2. The quantitative estimate of drug-likeness (QED) is 0.861. The summed E-state index contributed by atoms with van der Waals surface area (Å²) >= 11 is 0. The van der Waals surface area contributed by atoms with Crippen LogP contribution in [0.2, 0.25) is 0 Å². The van der Waals surface area contributed by atoms with Gasteiger partial charge in [0, 0.05) is 11.7 Å². The first kappa shape index (κ1) is 17.7. The molecule has 0 bridgehead atoms. The molecular weight excluding hydrogens is 316 g/mol. The Morgan fingerprint density at radius 1 is 1.39 bits per heavy atom. The van der Waals surface area contributed by atoms with Gasteiger partial charge < -0.3 is 15.4 Å². The van der Waals surface area contributed by atoms with Crippen molar-refractivity contribution < 1.29 is 17.9 Å². The first-order valence-electron chi connectivity index (χ1n) is 7.82. The van der Waals surface area contributed by atoms with Crippen LogP contribution in [0.4, 0.5) is 10.5 Å². The summed E-state index contributed by atoms with van der Waals surface area (Å²) < 4.78 is 28.7. The Kier molecular flexibility index (Phi) is 6.01. The third-order valence-electron chi connectivity index (χ3n) is 3.57. The van der Waals surface area contributed by atoms with E-state index in [2.05, 4.69) is 10.6 Å². The van der Waals surface area contributed by atoms with Crippen LogP contribution in [-0.2, 0) is 21.2 Å². The van der Waals surface area contributed by atoms with Crippen LogP contribution in [-0.4, -0.2) is 38.1 Å². The van der Waals surface area contributed by atoms with E-state index in [4.69, 9.17) is 4.74 Å². The molecule has 1 aliphatic heterocycles. The monoisotopic (exact) mass is 340 g/mol. The van der Waals surface area contributed by atoms with Crippen LogP contribution in [0.25, 0.3) is 0 Å². The van der Waals surface area contributed by atoms with E-state index in [9.17, 15) is 13.2 Å². The average molecular weight is 340 g/mol. The molecule has 1 aromatic carbocycles. The molecule has 7 heteroatoms. The van der Waals surface area contributed by atoms with Gasteiger partial charge in [-0.3, -0.25) is 0 Å². The molecule has 0 aromatic heterocycles. The normalized spacial score (nSPS) is 20.2. The van der Waals surface area contributed by atoms with Gasteiger partial charge in [0.05, 0.1) is 24.2 Å². The SMILES string of the molecule is CC(C)OCc1cccc(NC(=O)N[C@@H]2CCCS(=O)(=O)C2)c1. The Morgan fingerprint density at radius 2 is 2.17 bits per heavy atom. The summed E-state index contributed by atoms with van der Waals surface area (Å²) in [7, 11) is -3.03. The minimum atomic E-state index is -3.03. The molecular formula is C16H24N2O4S. The lowest BCUT2D eigenvalue weighted by Gasteiger charge is -2.23. The topological polar surface area (TPSA) is 84.5 Å². The predicted octanol–water partition coefficient (Wildman–Crippen LogP) is 2.31. The number of anilines is 1. The minimum Gasteiger partial charge on any atom is -0.374 e. The summed E-state index contributed by atoms with van der Waals surface area (Å²) in [5, 5.41) is 5.48. The fourth-order valence-corrected chi connectivity index (χ4v) is 4.13. The highest BCUT2D eigenvalue weighted by atomic mass is 32.2. The molecule has 0 aliphatic carbocycles. The maximum atomic E-state index is 12.0. The second-order valence-electron chi connectivity index (χ2n) is 6.11. The molecule has 1 aliphatic rings. The van der Waals surface area contributed by atoms with Gasteiger partial charge in [-0.1, -0.05) is 12.1 Å². The number of sulfone groups is 1. The summed E-state index contributed by atoms with van der Waals surface area (Å²) in [5.41, 5.74) is 1.63. The van der Waals surface area contributed by atoms with E-state index in [1.165, 1.54) is 0 Å². The van der Waals surface area contributed by atoms with Crippen LogP contribution in [0.15, 0.2) is 24.3 Å². The van der Waals surface area contributed by atoms with Crippen molar-refractivity contribution in [1.29, 1.82) is 0 Å². The maximum absolute atomic E-state index is 12.0. The van der Waals surface area contributed by atoms with Crippen molar-refractivity contribution in [2.45, 2.75) is 45.4 Å². The first-order valence-corrected chi connectivity index (χ1v) is 9.65. The second-order valence-corrected chi connectivity index (χ2v) is 8.34. The van der Waals surface area contributed by atoms with Gasteiger partial charge in [0.2, 0.25) is 0 Å². The number of carbonyl (C=O) groups is 1. The van der Waals surface area contributed by atoms with Crippen molar-refractivity contribution in [3.8, 4) is 0 Å². The Labute approximate surface area is 137 Å². The summed E-state index contributed by atoms with van der Waals surface area (Å²) in [6, 6.07) is 6.71. The highest BCUT2D eigenvalue weighted by Crippen LogP contribution is 2.14. The molecule has 0 saturated carbocycles. The number of rotatable bonds is 5. The van der Waals surface area contributed by atoms with Crippen LogP contribution in [0.5, 0.6) is 0 Å². The molecule has 0 radical (unpaired) electrons. The van der Waals surface area contributed by atoms with Crippen molar-refractivity contribution in [1.82, 2.24) is 5.32 Å². The molecule has 2 amide bonds. The van der Waals surface area contributed by atoms with E-state index >= 15 is 0 Å². The predicted molar refractivity (Wildman–Crippen MR) is 90.2 cm³/mol. The Bertz CT molecular complexity index is 643. The molecule has 1 heterocycles. The van der Waals surface area contributed by atoms with E-state index in [1.54, 1.807) is 6.07 Å². The van der Waals surface area contributed by atoms with Crippen molar-refractivity contribution in [2.75, 3.05) is 16.8 Å². The van der Waals surface area contributed by atoms with Crippen LogP contribution in [0.1, 0.15) is 32.3 Å². The van der Waals surface area contributed by atoms with E-state index in [0.29, 0.717) is 25.1 Å². The number of carbonyl (C=O) groups excluding carboxylic acids is 1. The largest absolute Gasteiger partial charge is 0.374 e. The molecule has 2 rings (SSSR count). The molecule has 1 atom stereocenters. The molecule has 128 valence electrons. The van der Waals surface area contributed by atoms with Gasteiger partial charge in [0.1, 0.15) is 0 Å². The standard InChI is InChI=1S/C16H24N2O4S/c1-12(2)22-10-13-5-3-6-14(9-13)17-16(19)18-15-7-4-8-23(20,21)11-15/h3,5-6,9,12,15H,4,7-8,10-11H2,1-2H3,(H2,17,18,19)/t15-/m1/s1. The number of nitrogens with one attached hydrogen (secondary N) is 2. The molecule has 6 nitrogen and oxygen atoms in total. The van der Waals surface area contributed by atoms with Gasteiger partial charge in [-0.05, 0) is 44.4 Å². The van der Waals surface area contributed by atoms with Crippen molar-refractivity contribution in [2.24, 2.45) is 0 Å². The zero-order valence-electron chi connectivity index (χ0n) is 13.5. The second kappa shape index (κ2) is 7.79. The maximum Gasteiger partial charge on any atom is 0.319 e. The molecule has 0 spiro atoms. The van der Waals surface area contributed by atoms with Crippen LogP contribution < -0.4 is 10.6 Å². The third kappa shape index (κ3) is 6.19. The van der Waals surface area contributed by atoms with Crippen molar-refractivity contribution in [3.63, 3.8) is 0 Å². The number of hydrogen-bond acceptors (Lipinski definition) is 4. The highest BCUT2D eigenvalue weighted by Gasteiger charge is 2.25. The van der Waals surface area contributed by atoms with E-state index in [1.807, 2.05) is 32.0 Å². The van der Waals surface area contributed by atoms with Gasteiger partial charge >= 0.3 is 6.03 Å². The van der Waals surface area contributed by atoms with Crippen molar-refractivity contribution in [3.05, 3.63) is 29.8 Å². The lowest BCUT2D eigenvalue weighted by Crippen LogP contribution is -2.44. The average Bonchev–Trinajstić information content (AvgIpc) is 2.44. The van der Waals surface area contributed by atoms with Crippen molar-refractivity contribution >= 4 is 21.6 Å². The summed E-state index contributed by atoms with van der Waals surface area (Å²) in [4.78, 5) is 12.0. The minimum absolute atomic E-state index is 0.0166. The lowest BCUT2D eigenvalue weighted by molar-refractivity contribution is 0.0657. The molecule has 2 N–H and O–H groups in total. The summed E-state index contributed by atoms with van der Waals surface area (Å²) in [6.45, 7) is 4.41. The number of hydrogen-bond donors (Lipinski definition) is 2. The molecule has 1 aromatic rings. The summed E-state index contributed by atoms with van der Waals surface area (Å²) in [5.74, 6) is 0.230. The van der Waals surface area contributed by atoms with Crippen LogP contribution in [0.3, 0.4) is 0 Å². The molecule has 0 unspecified atom stereocenters. The smallest absolute Gasteiger partial charge is 0.319 e. The highest BCUT2D eigenvalue weighted by molar-refractivity contribution is 7.91. The van der Waals surface area contributed by atoms with Crippen LogP contribution >= 0.6 is 0 Å². The van der Waals surface area contributed by atoms with E-state index < -0.39 is 9.84 Å². The zero-order chi connectivity index (χ0) is 16.9. The summed E-state index contributed by atoms with van der Waals surface area (Å²) in [6.07, 6.45) is 1.42. The third-order valence-corrected chi connectivity index (χ3v) is 5.39. The van der Waals surface area contributed by atoms with Gasteiger partial charge in [-0.2, -0.15) is 0 Å². The van der Waals surface area contributed by atoms with Gasteiger partial charge in [-0.15, -0.1) is 0 Å². The first-order chi connectivity index (χ1) is 10.8. The fraction of sp³-hybridized carbons (Fsp3) is 0.562. The van der Waals surface area contributed by atoms with Gasteiger partial charge in [0.25, 0.3) is 0 Å². The van der Waals surface area contributed by atoms with E-state index in [0.717, 1.165) is 5.56 Å². The number of amides is 2. The van der Waals surface area contributed by atoms with Gasteiger partial charge in [-0.25, -0.2) is 13.2 Å². The van der Waals surface area contributed by atoms with Crippen LogP contribution in [0, 0.1) is 0 Å².